The molecule has 0 spiro atoms. The molecule has 0 bridgehead atoms. The fraction of sp³-hybridized carbons (Fsp3) is 1.00. The minimum Gasteiger partial charge on any atom is -0.330 e. The van der Waals surface area contributed by atoms with E-state index in [0.29, 0.717) is 5.41 Å². The Morgan fingerprint density at radius 2 is 1.71 bits per heavy atom. The molecule has 1 aliphatic rings. The van der Waals surface area contributed by atoms with Gasteiger partial charge in [0.05, 0.1) is 0 Å². The molecule has 0 aliphatic carbocycles. The summed E-state index contributed by atoms with van der Waals surface area (Å²) in [7, 11) is 0. The predicted octanol–water partition coefficient (Wildman–Crippen LogP) is 2.24. The van der Waals surface area contributed by atoms with Gasteiger partial charge in [-0.1, -0.05) is 20.8 Å². The van der Waals surface area contributed by atoms with Gasteiger partial charge in [-0.15, -0.1) is 0 Å². The van der Waals surface area contributed by atoms with Crippen molar-refractivity contribution >= 4 is 0 Å². The van der Waals surface area contributed by atoms with Crippen LogP contribution < -0.4 is 5.73 Å². The third-order valence-electron chi connectivity index (χ3n) is 3.96. The smallest absolute Gasteiger partial charge is 0.00900 e. The largest absolute Gasteiger partial charge is 0.330 e. The molecule has 14 heavy (non-hydrogen) atoms. The molecule has 0 amide bonds. The molecule has 0 aromatic rings. The van der Waals surface area contributed by atoms with Crippen LogP contribution >= 0.6 is 0 Å². The van der Waals surface area contributed by atoms with Crippen LogP contribution in [0.15, 0.2) is 0 Å². The highest BCUT2D eigenvalue weighted by Gasteiger charge is 2.30. The Balaban J connectivity index is 2.42. The number of likely N-dealkylation sites (tertiary alicyclic amines) is 1. The third kappa shape index (κ3) is 2.71. The van der Waals surface area contributed by atoms with Gasteiger partial charge in [-0.3, -0.25) is 0 Å². The molecule has 0 atom stereocenters. The van der Waals surface area contributed by atoms with Crippen LogP contribution in [0.3, 0.4) is 0 Å². The summed E-state index contributed by atoms with van der Waals surface area (Å²) in [5.41, 5.74) is 6.22. The van der Waals surface area contributed by atoms with Crippen molar-refractivity contribution in [2.75, 3.05) is 19.6 Å². The number of piperidine rings is 1. The SMILES string of the molecule is CCC(CC)N1CCC(C)(CN)CC1. The van der Waals surface area contributed by atoms with E-state index in [2.05, 4.69) is 25.7 Å². The van der Waals surface area contributed by atoms with Gasteiger partial charge in [0.2, 0.25) is 0 Å². The molecule has 1 heterocycles. The van der Waals surface area contributed by atoms with Gasteiger partial charge < -0.3 is 10.6 Å². The zero-order chi connectivity index (χ0) is 10.6. The molecular weight excluding hydrogens is 172 g/mol. The molecule has 84 valence electrons. The topological polar surface area (TPSA) is 29.3 Å². The van der Waals surface area contributed by atoms with E-state index in [1.54, 1.807) is 0 Å². The van der Waals surface area contributed by atoms with Crippen LogP contribution in [0.25, 0.3) is 0 Å². The van der Waals surface area contributed by atoms with E-state index in [9.17, 15) is 0 Å². The molecule has 0 saturated carbocycles. The first-order valence-corrected chi connectivity index (χ1v) is 6.09. The van der Waals surface area contributed by atoms with Crippen LogP contribution in [0.5, 0.6) is 0 Å². The summed E-state index contributed by atoms with van der Waals surface area (Å²) in [6, 6.07) is 0.803. The lowest BCUT2D eigenvalue weighted by Gasteiger charge is -2.42. The lowest BCUT2D eigenvalue weighted by atomic mass is 9.80. The first kappa shape index (κ1) is 12.0. The Hall–Kier alpha value is -0.0800. The quantitative estimate of drug-likeness (QED) is 0.750. The molecule has 2 heteroatoms. The molecule has 0 aromatic heterocycles. The van der Waals surface area contributed by atoms with E-state index in [0.717, 1.165) is 12.6 Å². The Labute approximate surface area is 88.8 Å². The number of hydrogen-bond donors (Lipinski definition) is 1. The monoisotopic (exact) mass is 198 g/mol. The summed E-state index contributed by atoms with van der Waals surface area (Å²) in [6.07, 6.45) is 5.13. The summed E-state index contributed by atoms with van der Waals surface area (Å²) in [4.78, 5) is 2.65. The van der Waals surface area contributed by atoms with E-state index in [1.807, 2.05) is 0 Å². The molecule has 0 radical (unpaired) electrons. The third-order valence-corrected chi connectivity index (χ3v) is 3.96. The van der Waals surface area contributed by atoms with Gasteiger partial charge >= 0.3 is 0 Å². The van der Waals surface area contributed by atoms with Crippen LogP contribution in [-0.4, -0.2) is 30.6 Å². The van der Waals surface area contributed by atoms with Crippen molar-refractivity contribution in [2.45, 2.75) is 52.5 Å². The molecule has 0 unspecified atom stereocenters. The second kappa shape index (κ2) is 5.13. The summed E-state index contributed by atoms with van der Waals surface area (Å²) < 4.78 is 0. The predicted molar refractivity (Wildman–Crippen MR) is 62.3 cm³/mol. The maximum Gasteiger partial charge on any atom is 0.00900 e. The second-order valence-electron chi connectivity index (χ2n) is 5.02. The van der Waals surface area contributed by atoms with Gasteiger partial charge in [0, 0.05) is 6.04 Å². The molecule has 1 fully saturated rings. The Morgan fingerprint density at radius 3 is 2.07 bits per heavy atom. The average molecular weight is 198 g/mol. The molecule has 2 nitrogen and oxygen atoms in total. The van der Waals surface area contributed by atoms with Gasteiger partial charge in [-0.25, -0.2) is 0 Å². The van der Waals surface area contributed by atoms with Crippen molar-refractivity contribution in [2.24, 2.45) is 11.1 Å². The summed E-state index contributed by atoms with van der Waals surface area (Å²) in [5, 5.41) is 0. The van der Waals surface area contributed by atoms with Gasteiger partial charge in [0.25, 0.3) is 0 Å². The van der Waals surface area contributed by atoms with Crippen molar-refractivity contribution in [3.05, 3.63) is 0 Å². The van der Waals surface area contributed by atoms with Gasteiger partial charge in [0.1, 0.15) is 0 Å². The highest BCUT2D eigenvalue weighted by atomic mass is 15.2. The van der Waals surface area contributed by atoms with Gasteiger partial charge in [-0.2, -0.15) is 0 Å². The fourth-order valence-electron chi connectivity index (χ4n) is 2.44. The van der Waals surface area contributed by atoms with Gasteiger partial charge in [-0.05, 0) is 50.7 Å². The molecule has 0 aromatic carbocycles. The minimum atomic E-state index is 0.419. The number of hydrogen-bond acceptors (Lipinski definition) is 2. The molecular formula is C12H26N2. The van der Waals surface area contributed by atoms with E-state index in [4.69, 9.17) is 5.73 Å². The van der Waals surface area contributed by atoms with E-state index in [1.165, 1.54) is 38.8 Å². The van der Waals surface area contributed by atoms with E-state index >= 15 is 0 Å². The van der Waals surface area contributed by atoms with Crippen molar-refractivity contribution in [1.82, 2.24) is 4.90 Å². The molecule has 2 N–H and O–H groups in total. The Bertz CT molecular complexity index is 156. The maximum absolute atomic E-state index is 5.81. The lowest BCUT2D eigenvalue weighted by Crippen LogP contribution is -2.46. The first-order valence-electron chi connectivity index (χ1n) is 6.09. The zero-order valence-electron chi connectivity index (χ0n) is 10.1. The van der Waals surface area contributed by atoms with Crippen molar-refractivity contribution < 1.29 is 0 Å². The second-order valence-corrected chi connectivity index (χ2v) is 5.02. The lowest BCUT2D eigenvalue weighted by molar-refractivity contribution is 0.0842. The maximum atomic E-state index is 5.81. The Kier molecular flexibility index (Phi) is 4.39. The fourth-order valence-corrected chi connectivity index (χ4v) is 2.44. The molecule has 1 saturated heterocycles. The van der Waals surface area contributed by atoms with Crippen LogP contribution in [0, 0.1) is 5.41 Å². The average Bonchev–Trinajstić information content (AvgIpc) is 2.23. The standard InChI is InChI=1S/C12H26N2/c1-4-11(5-2)14-8-6-12(3,10-13)7-9-14/h11H,4-10,13H2,1-3H3. The number of rotatable bonds is 4. The van der Waals surface area contributed by atoms with Crippen LogP contribution in [-0.2, 0) is 0 Å². The minimum absolute atomic E-state index is 0.419. The summed E-state index contributed by atoms with van der Waals surface area (Å²) in [5.74, 6) is 0. The zero-order valence-corrected chi connectivity index (χ0v) is 10.1. The Morgan fingerprint density at radius 1 is 1.21 bits per heavy atom. The number of nitrogens with zero attached hydrogens (tertiary/aromatic N) is 1. The van der Waals surface area contributed by atoms with E-state index in [-0.39, 0.29) is 0 Å². The molecule has 1 aliphatic heterocycles. The highest BCUT2D eigenvalue weighted by Crippen LogP contribution is 2.30. The van der Waals surface area contributed by atoms with Crippen molar-refractivity contribution in [3.63, 3.8) is 0 Å². The summed E-state index contributed by atoms with van der Waals surface area (Å²) in [6.45, 7) is 10.3. The normalized spacial score (nSPS) is 22.9. The van der Waals surface area contributed by atoms with Crippen LogP contribution in [0.4, 0.5) is 0 Å². The van der Waals surface area contributed by atoms with E-state index < -0.39 is 0 Å². The van der Waals surface area contributed by atoms with Crippen LogP contribution in [0.1, 0.15) is 46.5 Å². The first-order chi connectivity index (χ1) is 6.65. The van der Waals surface area contributed by atoms with Crippen molar-refractivity contribution in [1.29, 1.82) is 0 Å². The van der Waals surface area contributed by atoms with Crippen LogP contribution in [0.2, 0.25) is 0 Å². The highest BCUT2D eigenvalue weighted by molar-refractivity contribution is 4.85. The number of nitrogens with two attached hydrogens (primary N) is 1. The van der Waals surface area contributed by atoms with Gasteiger partial charge in [0.15, 0.2) is 0 Å². The van der Waals surface area contributed by atoms with Crippen molar-refractivity contribution in [3.8, 4) is 0 Å². The molecule has 1 rings (SSSR count). The summed E-state index contributed by atoms with van der Waals surface area (Å²) >= 11 is 0.